The van der Waals surface area contributed by atoms with E-state index in [1.165, 1.54) is 0 Å². The molecule has 0 aromatic rings. The van der Waals surface area contributed by atoms with E-state index in [4.69, 9.17) is 29.5 Å². The minimum atomic E-state index is -0.722. The predicted octanol–water partition coefficient (Wildman–Crippen LogP) is -1.66. The summed E-state index contributed by atoms with van der Waals surface area (Å²) in [7, 11) is 0. The Labute approximate surface area is 83.0 Å². The Hall–Kier alpha value is -0.240. The Morgan fingerprint density at radius 3 is 2.00 bits per heavy atom. The lowest BCUT2D eigenvalue weighted by atomic mass is 10.6. The molecule has 0 saturated heterocycles. The summed E-state index contributed by atoms with van der Waals surface area (Å²) in [5, 5.41) is 25.6. The van der Waals surface area contributed by atoms with Gasteiger partial charge in [-0.25, -0.2) is 0 Å². The summed E-state index contributed by atoms with van der Waals surface area (Å²) in [4.78, 5) is 0. The molecule has 0 amide bonds. The lowest BCUT2D eigenvalue weighted by Gasteiger charge is -2.15. The Bertz CT molecular complexity index is 110. The van der Waals surface area contributed by atoms with Crippen molar-refractivity contribution in [1.29, 1.82) is 0 Å². The molecule has 0 aliphatic heterocycles. The second kappa shape index (κ2) is 10.8. The zero-order valence-corrected chi connectivity index (χ0v) is 8.09. The van der Waals surface area contributed by atoms with Gasteiger partial charge in [-0.3, -0.25) is 0 Å². The number of ether oxygens (including phenoxy) is 3. The van der Waals surface area contributed by atoms with E-state index in [1.807, 2.05) is 0 Å². The number of aliphatic hydroxyl groups excluding tert-OH is 3. The van der Waals surface area contributed by atoms with Crippen LogP contribution in [0.3, 0.4) is 0 Å². The molecule has 0 spiro atoms. The first-order valence-corrected chi connectivity index (χ1v) is 4.48. The zero-order valence-electron chi connectivity index (χ0n) is 8.09. The van der Waals surface area contributed by atoms with Crippen LogP contribution in [0.25, 0.3) is 0 Å². The first-order valence-electron chi connectivity index (χ1n) is 4.48. The zero-order chi connectivity index (χ0) is 10.6. The van der Waals surface area contributed by atoms with Crippen molar-refractivity contribution in [3.63, 3.8) is 0 Å². The fourth-order valence-electron chi connectivity index (χ4n) is 0.743. The molecule has 0 heterocycles. The summed E-state index contributed by atoms with van der Waals surface area (Å²) in [6.07, 6.45) is -0.722. The van der Waals surface area contributed by atoms with E-state index in [-0.39, 0.29) is 39.6 Å². The summed E-state index contributed by atoms with van der Waals surface area (Å²) in [5.41, 5.74) is 0. The highest BCUT2D eigenvalue weighted by atomic mass is 16.7. The minimum Gasteiger partial charge on any atom is -0.394 e. The van der Waals surface area contributed by atoms with E-state index in [9.17, 15) is 0 Å². The van der Waals surface area contributed by atoms with E-state index in [0.717, 1.165) is 0 Å². The van der Waals surface area contributed by atoms with Crippen molar-refractivity contribution in [1.82, 2.24) is 0 Å². The van der Waals surface area contributed by atoms with Crippen LogP contribution in [0.15, 0.2) is 0 Å². The molecule has 1 unspecified atom stereocenters. The second-order valence-electron chi connectivity index (χ2n) is 2.41. The normalized spacial score (nSPS) is 13.1. The van der Waals surface area contributed by atoms with Gasteiger partial charge in [0.2, 0.25) is 0 Å². The molecule has 6 heteroatoms. The molecule has 0 aromatic carbocycles. The number of hydrogen-bond acceptors (Lipinski definition) is 6. The van der Waals surface area contributed by atoms with Gasteiger partial charge in [0.05, 0.1) is 46.2 Å². The summed E-state index contributed by atoms with van der Waals surface area (Å²) in [5.74, 6) is 0. The van der Waals surface area contributed by atoms with Crippen LogP contribution >= 0.6 is 0 Å². The van der Waals surface area contributed by atoms with Gasteiger partial charge in [-0.15, -0.1) is 0 Å². The quantitative estimate of drug-likeness (QED) is 0.295. The van der Waals surface area contributed by atoms with Crippen molar-refractivity contribution in [3.05, 3.63) is 0 Å². The molecule has 0 aromatic heterocycles. The third-order valence-electron chi connectivity index (χ3n) is 1.31. The van der Waals surface area contributed by atoms with Crippen LogP contribution in [-0.2, 0) is 14.2 Å². The van der Waals surface area contributed by atoms with Crippen molar-refractivity contribution < 1.29 is 29.5 Å². The molecule has 6 nitrogen and oxygen atoms in total. The van der Waals surface area contributed by atoms with Crippen LogP contribution in [0.2, 0.25) is 0 Å². The Balaban J connectivity index is 3.24. The molecular formula is C8H18O6. The lowest BCUT2D eigenvalue weighted by Crippen LogP contribution is -2.25. The van der Waals surface area contributed by atoms with Crippen LogP contribution in [0, 0.1) is 0 Å². The van der Waals surface area contributed by atoms with Crippen molar-refractivity contribution in [3.8, 4) is 0 Å². The van der Waals surface area contributed by atoms with E-state index in [0.29, 0.717) is 6.61 Å². The Kier molecular flexibility index (Phi) is 10.7. The molecule has 0 aliphatic carbocycles. The third-order valence-corrected chi connectivity index (χ3v) is 1.31. The van der Waals surface area contributed by atoms with Gasteiger partial charge in [-0.2, -0.15) is 0 Å². The van der Waals surface area contributed by atoms with Crippen LogP contribution in [0.1, 0.15) is 0 Å². The first-order chi connectivity index (χ1) is 6.85. The summed E-state index contributed by atoms with van der Waals surface area (Å²) in [6, 6.07) is 0. The largest absolute Gasteiger partial charge is 0.394 e. The maximum Gasteiger partial charge on any atom is 0.180 e. The van der Waals surface area contributed by atoms with Crippen LogP contribution in [0.5, 0.6) is 0 Å². The summed E-state index contributed by atoms with van der Waals surface area (Å²) in [6.45, 7) is 0.606. The predicted molar refractivity (Wildman–Crippen MR) is 47.8 cm³/mol. The number of hydrogen-bond donors (Lipinski definition) is 3. The fourth-order valence-corrected chi connectivity index (χ4v) is 0.743. The molecule has 0 bridgehead atoms. The van der Waals surface area contributed by atoms with Gasteiger partial charge in [-0.1, -0.05) is 0 Å². The maximum atomic E-state index is 8.74. The average molecular weight is 210 g/mol. The van der Waals surface area contributed by atoms with Gasteiger partial charge in [0.1, 0.15) is 0 Å². The van der Waals surface area contributed by atoms with Crippen molar-refractivity contribution in [2.24, 2.45) is 0 Å². The molecule has 14 heavy (non-hydrogen) atoms. The minimum absolute atomic E-state index is 0.0234. The summed E-state index contributed by atoms with van der Waals surface area (Å²) < 4.78 is 14.9. The van der Waals surface area contributed by atoms with Gasteiger partial charge in [0.15, 0.2) is 6.29 Å². The van der Waals surface area contributed by atoms with Crippen molar-refractivity contribution >= 4 is 0 Å². The molecule has 0 fully saturated rings. The topological polar surface area (TPSA) is 88.4 Å². The molecule has 0 radical (unpaired) electrons. The molecule has 86 valence electrons. The summed E-state index contributed by atoms with van der Waals surface area (Å²) >= 11 is 0. The monoisotopic (exact) mass is 210 g/mol. The number of aliphatic hydroxyl groups is 3. The van der Waals surface area contributed by atoms with Gasteiger partial charge < -0.3 is 29.5 Å². The highest BCUT2D eigenvalue weighted by molar-refractivity contribution is 4.40. The van der Waals surface area contributed by atoms with Crippen molar-refractivity contribution in [2.75, 3.05) is 46.2 Å². The van der Waals surface area contributed by atoms with Crippen LogP contribution in [-0.4, -0.2) is 67.9 Å². The molecule has 1 atom stereocenters. The van der Waals surface area contributed by atoms with Gasteiger partial charge >= 0.3 is 0 Å². The van der Waals surface area contributed by atoms with E-state index >= 15 is 0 Å². The van der Waals surface area contributed by atoms with E-state index in [1.54, 1.807) is 0 Å². The van der Waals surface area contributed by atoms with E-state index < -0.39 is 6.29 Å². The highest BCUT2D eigenvalue weighted by Crippen LogP contribution is 1.93. The molecule has 0 aliphatic rings. The average Bonchev–Trinajstić information content (AvgIpc) is 2.22. The standard InChI is InChI=1S/C8H18O6/c9-1-3-12-5-6-14-8(7-11)13-4-2-10/h8-11H,1-7H2. The molecule has 0 rings (SSSR count). The molecular weight excluding hydrogens is 192 g/mol. The van der Waals surface area contributed by atoms with Gasteiger partial charge in [0.25, 0.3) is 0 Å². The molecule has 3 N–H and O–H groups in total. The molecule has 0 saturated carbocycles. The van der Waals surface area contributed by atoms with Crippen LogP contribution < -0.4 is 0 Å². The fraction of sp³-hybridized carbons (Fsp3) is 1.00. The third kappa shape index (κ3) is 8.36. The smallest absolute Gasteiger partial charge is 0.180 e. The second-order valence-corrected chi connectivity index (χ2v) is 2.41. The van der Waals surface area contributed by atoms with Crippen molar-refractivity contribution in [2.45, 2.75) is 6.29 Å². The van der Waals surface area contributed by atoms with Crippen LogP contribution in [0.4, 0.5) is 0 Å². The van der Waals surface area contributed by atoms with Gasteiger partial charge in [0, 0.05) is 0 Å². The highest BCUT2D eigenvalue weighted by Gasteiger charge is 2.06. The SMILES string of the molecule is OCCOCCOC(CO)OCCO. The number of rotatable bonds is 10. The lowest BCUT2D eigenvalue weighted by molar-refractivity contribution is -0.173. The van der Waals surface area contributed by atoms with E-state index in [2.05, 4.69) is 0 Å². The maximum absolute atomic E-state index is 8.74. The van der Waals surface area contributed by atoms with Gasteiger partial charge in [-0.05, 0) is 0 Å². The Morgan fingerprint density at radius 2 is 1.43 bits per heavy atom. The Morgan fingerprint density at radius 1 is 0.786 bits per heavy atom. The first kappa shape index (κ1) is 13.8.